The van der Waals surface area contributed by atoms with Crippen LogP contribution in [0.3, 0.4) is 0 Å². The Morgan fingerprint density at radius 3 is 2.20 bits per heavy atom. The zero-order valence-electron chi connectivity index (χ0n) is 3.23. The second kappa shape index (κ2) is 0.716. The molecule has 1 unspecified atom stereocenters. The van der Waals surface area contributed by atoms with Gasteiger partial charge in [-0.2, -0.15) is 0 Å². The summed E-state index contributed by atoms with van der Waals surface area (Å²) in [5.74, 6) is 1.23. The molecule has 1 rings (SSSR count). The van der Waals surface area contributed by atoms with E-state index in [2.05, 4.69) is 0 Å². The van der Waals surface area contributed by atoms with Gasteiger partial charge in [0.05, 0.1) is 6.10 Å². The van der Waals surface area contributed by atoms with E-state index < -0.39 is 0 Å². The Hall–Kier alpha value is -0.0400. The highest BCUT2D eigenvalue weighted by Gasteiger charge is 2.30. The van der Waals surface area contributed by atoms with Crippen molar-refractivity contribution in [3.05, 3.63) is 5.92 Å². The Kier molecular flexibility index (Phi) is 0.453. The smallest absolute Gasteiger partial charge is 0.0607 e. The van der Waals surface area contributed by atoms with Crippen LogP contribution in [-0.2, 0) is 0 Å². The normalized spacial score (nSPS) is 38.4. The van der Waals surface area contributed by atoms with Gasteiger partial charge in [-0.3, -0.25) is 0 Å². The van der Waals surface area contributed by atoms with E-state index in [4.69, 9.17) is 5.11 Å². The highest BCUT2D eigenvalue weighted by Crippen LogP contribution is 2.30. The third-order valence-corrected chi connectivity index (χ3v) is 0.924. The highest BCUT2D eigenvalue weighted by atomic mass is 16.3. The molecule has 0 spiro atoms. The first-order valence-corrected chi connectivity index (χ1v) is 1.81. The Morgan fingerprint density at radius 2 is 2.20 bits per heavy atom. The number of aliphatic hydroxyl groups excluding tert-OH is 1. The first-order valence-electron chi connectivity index (χ1n) is 1.81. The van der Waals surface area contributed by atoms with Crippen molar-refractivity contribution in [1.29, 1.82) is 0 Å². The maximum Gasteiger partial charge on any atom is 0.0607 e. The molecule has 1 fully saturated rings. The minimum Gasteiger partial charge on any atom is -0.393 e. The molecule has 0 aliphatic heterocycles. The van der Waals surface area contributed by atoms with Crippen molar-refractivity contribution in [3.63, 3.8) is 0 Å². The second-order valence-electron chi connectivity index (χ2n) is 1.57. The summed E-state index contributed by atoms with van der Waals surface area (Å²) in [5.41, 5.74) is 0. The van der Waals surface area contributed by atoms with Crippen LogP contribution in [0.2, 0.25) is 0 Å². The van der Waals surface area contributed by atoms with E-state index in [1.807, 2.05) is 6.92 Å². The quantitative estimate of drug-likeness (QED) is 0.436. The van der Waals surface area contributed by atoms with Crippen molar-refractivity contribution in [3.8, 4) is 0 Å². The van der Waals surface area contributed by atoms with Crippen molar-refractivity contribution in [1.82, 2.24) is 0 Å². The molecule has 0 bridgehead atoms. The van der Waals surface area contributed by atoms with Gasteiger partial charge in [-0.05, 0) is 6.42 Å². The average molecular weight is 71.1 g/mol. The average Bonchev–Trinajstić information content (AvgIpc) is 1.79. The van der Waals surface area contributed by atoms with Gasteiger partial charge in [-0.15, -0.1) is 0 Å². The lowest BCUT2D eigenvalue weighted by Gasteiger charge is -1.67. The molecule has 29 valence electrons. The molecule has 0 saturated heterocycles. The van der Waals surface area contributed by atoms with Gasteiger partial charge in [0, 0.05) is 5.92 Å². The van der Waals surface area contributed by atoms with Gasteiger partial charge in [-0.1, -0.05) is 6.92 Å². The lowest BCUT2D eigenvalue weighted by Crippen LogP contribution is -1.73. The van der Waals surface area contributed by atoms with Crippen molar-refractivity contribution < 1.29 is 5.11 Å². The molecule has 0 aromatic rings. The highest BCUT2D eigenvalue weighted by molar-refractivity contribution is 5.10. The molecule has 1 radical (unpaired) electrons. The molecule has 1 atom stereocenters. The van der Waals surface area contributed by atoms with Crippen LogP contribution in [0.1, 0.15) is 13.3 Å². The molecule has 1 saturated carbocycles. The fourth-order valence-electron chi connectivity index (χ4n) is 0.246. The van der Waals surface area contributed by atoms with E-state index in [0.29, 0.717) is 0 Å². The minimum absolute atomic E-state index is 0.0324. The maximum atomic E-state index is 8.40. The summed E-state index contributed by atoms with van der Waals surface area (Å²) in [6, 6.07) is 0. The van der Waals surface area contributed by atoms with Crippen molar-refractivity contribution in [2.24, 2.45) is 0 Å². The maximum absolute atomic E-state index is 8.40. The molecular formula is C4H7O. The summed E-state index contributed by atoms with van der Waals surface area (Å²) >= 11 is 0. The van der Waals surface area contributed by atoms with Gasteiger partial charge in [0.25, 0.3) is 0 Å². The van der Waals surface area contributed by atoms with Crippen LogP contribution >= 0.6 is 0 Å². The van der Waals surface area contributed by atoms with Gasteiger partial charge in [-0.25, -0.2) is 0 Å². The van der Waals surface area contributed by atoms with Gasteiger partial charge in [0.1, 0.15) is 0 Å². The molecule has 0 aromatic heterocycles. The molecule has 1 N–H and O–H groups in total. The van der Waals surface area contributed by atoms with Crippen LogP contribution in [0.25, 0.3) is 0 Å². The predicted octanol–water partition coefficient (Wildman–Crippen LogP) is 0.345. The van der Waals surface area contributed by atoms with Gasteiger partial charge >= 0.3 is 0 Å². The first kappa shape index (κ1) is 3.16. The van der Waals surface area contributed by atoms with Crippen molar-refractivity contribution in [2.45, 2.75) is 19.4 Å². The summed E-state index contributed by atoms with van der Waals surface area (Å²) in [6.45, 7) is 1.96. The number of hydrogen-bond donors (Lipinski definition) is 1. The third-order valence-electron chi connectivity index (χ3n) is 0.924. The fraction of sp³-hybridized carbons (Fsp3) is 0.750. The van der Waals surface area contributed by atoms with Crippen LogP contribution in [0, 0.1) is 5.92 Å². The van der Waals surface area contributed by atoms with Crippen LogP contribution in [0.5, 0.6) is 0 Å². The number of aliphatic hydroxyl groups is 1. The second-order valence-corrected chi connectivity index (χ2v) is 1.57. The van der Waals surface area contributed by atoms with E-state index in [1.165, 1.54) is 5.92 Å². The Labute approximate surface area is 31.6 Å². The molecule has 1 heteroatoms. The molecule has 0 aromatic carbocycles. The zero-order chi connectivity index (χ0) is 3.86. The minimum atomic E-state index is -0.0324. The van der Waals surface area contributed by atoms with E-state index in [-0.39, 0.29) is 6.10 Å². The van der Waals surface area contributed by atoms with E-state index >= 15 is 0 Å². The summed E-state index contributed by atoms with van der Waals surface area (Å²) < 4.78 is 0. The Balaban J connectivity index is 2.20. The van der Waals surface area contributed by atoms with E-state index in [0.717, 1.165) is 6.42 Å². The van der Waals surface area contributed by atoms with Crippen LogP contribution in [0.15, 0.2) is 0 Å². The molecular weight excluding hydrogens is 64.0 g/mol. The molecule has 1 nitrogen and oxygen atoms in total. The van der Waals surface area contributed by atoms with Gasteiger partial charge in [0.2, 0.25) is 0 Å². The fourth-order valence-corrected chi connectivity index (χ4v) is 0.246. The number of rotatable bonds is 0. The SMILES string of the molecule is C[C]1CC1O. The van der Waals surface area contributed by atoms with E-state index in [9.17, 15) is 0 Å². The van der Waals surface area contributed by atoms with Crippen LogP contribution < -0.4 is 0 Å². The lowest BCUT2D eigenvalue weighted by atomic mass is 10.5. The topological polar surface area (TPSA) is 20.2 Å². The van der Waals surface area contributed by atoms with Gasteiger partial charge < -0.3 is 5.11 Å². The predicted molar refractivity (Wildman–Crippen MR) is 19.5 cm³/mol. The summed E-state index contributed by atoms with van der Waals surface area (Å²) in [6.07, 6.45) is 0.912. The Morgan fingerprint density at radius 1 is 2.00 bits per heavy atom. The van der Waals surface area contributed by atoms with E-state index in [1.54, 1.807) is 0 Å². The third kappa shape index (κ3) is 0.428. The summed E-state index contributed by atoms with van der Waals surface area (Å²) in [4.78, 5) is 0. The van der Waals surface area contributed by atoms with Crippen molar-refractivity contribution in [2.75, 3.05) is 0 Å². The molecule has 0 heterocycles. The zero-order valence-corrected chi connectivity index (χ0v) is 3.23. The molecule has 0 amide bonds. The number of hydrogen-bond acceptors (Lipinski definition) is 1. The molecule has 1 aliphatic carbocycles. The molecule has 5 heavy (non-hydrogen) atoms. The van der Waals surface area contributed by atoms with Gasteiger partial charge in [0.15, 0.2) is 0 Å². The summed E-state index contributed by atoms with van der Waals surface area (Å²) in [7, 11) is 0. The largest absolute Gasteiger partial charge is 0.393 e. The molecule has 1 aliphatic rings. The Bertz CT molecular complexity index is 36.9. The summed E-state index contributed by atoms with van der Waals surface area (Å²) in [5, 5.41) is 8.40. The first-order chi connectivity index (χ1) is 2.30. The monoisotopic (exact) mass is 71.0 g/mol. The lowest BCUT2D eigenvalue weighted by molar-refractivity contribution is 0.284. The van der Waals surface area contributed by atoms with Crippen LogP contribution in [-0.4, -0.2) is 11.2 Å². The van der Waals surface area contributed by atoms with Crippen molar-refractivity contribution >= 4 is 0 Å². The standard InChI is InChI=1S/C4H7O/c1-3-2-4(3)5/h4-5H,2H2,1H3. The van der Waals surface area contributed by atoms with Crippen LogP contribution in [0.4, 0.5) is 0 Å².